The number of nitrogens with one attached hydrogen (secondary N) is 1. The number of hydrogen-bond donors (Lipinski definition) is 1. The molecular weight excluding hydrogens is 376 g/mol. The number of esters is 1. The summed E-state index contributed by atoms with van der Waals surface area (Å²) in [6.45, 7) is 1.52. The Hall–Kier alpha value is -3.19. The van der Waals surface area contributed by atoms with Crippen molar-refractivity contribution in [3.63, 3.8) is 0 Å². The summed E-state index contributed by atoms with van der Waals surface area (Å²) in [5, 5.41) is 5.11. The summed E-state index contributed by atoms with van der Waals surface area (Å²) in [7, 11) is 1.60. The predicted molar refractivity (Wildman–Crippen MR) is 107 cm³/mol. The van der Waals surface area contributed by atoms with Crippen molar-refractivity contribution in [2.45, 2.75) is 13.0 Å². The lowest BCUT2D eigenvalue weighted by Crippen LogP contribution is -2.31. The maximum Gasteiger partial charge on any atom is 0.358 e. The molecule has 0 unspecified atom stereocenters. The number of nitrogens with zero attached hydrogens (tertiary/aromatic N) is 1. The van der Waals surface area contributed by atoms with E-state index in [9.17, 15) is 9.59 Å². The Morgan fingerprint density at radius 2 is 1.82 bits per heavy atom. The summed E-state index contributed by atoms with van der Waals surface area (Å²) in [5.74, 6) is -0.246. The number of carbonyl (C=O) groups excluding carboxylic acids is 2. The van der Waals surface area contributed by atoms with Crippen LogP contribution in [0.4, 0.5) is 0 Å². The van der Waals surface area contributed by atoms with Gasteiger partial charge in [-0.2, -0.15) is 0 Å². The Morgan fingerprint density at radius 3 is 2.50 bits per heavy atom. The normalized spacial score (nSPS) is 11.5. The highest BCUT2D eigenvalue weighted by Crippen LogP contribution is 2.26. The van der Waals surface area contributed by atoms with Gasteiger partial charge >= 0.3 is 5.97 Å². The second-order valence-corrected chi connectivity index (χ2v) is 6.90. The predicted octanol–water partition coefficient (Wildman–Crippen LogP) is 3.85. The van der Waals surface area contributed by atoms with E-state index < -0.39 is 5.97 Å². The molecule has 0 bridgehead atoms. The van der Waals surface area contributed by atoms with Gasteiger partial charge in [0, 0.05) is 10.9 Å². The first-order chi connectivity index (χ1) is 13.6. The van der Waals surface area contributed by atoms with E-state index >= 15 is 0 Å². The monoisotopic (exact) mass is 396 g/mol. The van der Waals surface area contributed by atoms with E-state index in [4.69, 9.17) is 9.47 Å². The highest BCUT2D eigenvalue weighted by atomic mass is 32.1. The molecule has 6 nitrogen and oxygen atoms in total. The van der Waals surface area contributed by atoms with Crippen molar-refractivity contribution in [3.8, 4) is 16.3 Å². The molecule has 0 radical (unpaired) electrons. The molecule has 3 aromatic rings. The maximum atomic E-state index is 12.2. The Labute approximate surface area is 167 Å². The minimum atomic E-state index is -0.626. The van der Waals surface area contributed by atoms with E-state index in [0.717, 1.165) is 16.9 Å². The highest BCUT2D eigenvalue weighted by molar-refractivity contribution is 7.13. The van der Waals surface area contributed by atoms with E-state index in [1.807, 2.05) is 61.5 Å². The van der Waals surface area contributed by atoms with Gasteiger partial charge in [-0.25, -0.2) is 9.78 Å². The van der Waals surface area contributed by atoms with Crippen LogP contribution in [0.1, 0.15) is 29.0 Å². The summed E-state index contributed by atoms with van der Waals surface area (Å²) in [5.41, 5.74) is 2.03. The summed E-state index contributed by atoms with van der Waals surface area (Å²) < 4.78 is 10.2. The van der Waals surface area contributed by atoms with Crippen LogP contribution >= 0.6 is 11.3 Å². The third-order valence-corrected chi connectivity index (χ3v) is 4.95. The Kier molecular flexibility index (Phi) is 6.39. The van der Waals surface area contributed by atoms with Crippen LogP contribution in [0.15, 0.2) is 60.0 Å². The lowest BCUT2D eigenvalue weighted by molar-refractivity contribution is -0.124. The number of aromatic nitrogens is 1. The Bertz CT molecular complexity index is 939. The number of carbonyl (C=O) groups is 2. The number of methoxy groups -OCH3 is 1. The molecule has 0 fully saturated rings. The molecule has 1 amide bonds. The molecule has 144 valence electrons. The number of rotatable bonds is 7. The number of hydrogen-bond acceptors (Lipinski definition) is 6. The van der Waals surface area contributed by atoms with Crippen LogP contribution < -0.4 is 10.1 Å². The van der Waals surface area contributed by atoms with Crippen molar-refractivity contribution < 1.29 is 19.1 Å². The molecule has 0 aliphatic carbocycles. The molecule has 7 heteroatoms. The lowest BCUT2D eigenvalue weighted by Gasteiger charge is -2.14. The fourth-order valence-corrected chi connectivity index (χ4v) is 3.34. The summed E-state index contributed by atoms with van der Waals surface area (Å²) in [6.07, 6.45) is 0. The average molecular weight is 396 g/mol. The zero-order chi connectivity index (χ0) is 19.9. The molecule has 1 heterocycles. The fourth-order valence-electron chi connectivity index (χ4n) is 2.55. The molecule has 0 saturated carbocycles. The molecular formula is C21H20N2O4S. The fraction of sp³-hybridized carbons (Fsp3) is 0.190. The van der Waals surface area contributed by atoms with Crippen LogP contribution in [-0.2, 0) is 9.53 Å². The first-order valence-electron chi connectivity index (χ1n) is 8.68. The van der Waals surface area contributed by atoms with Gasteiger partial charge in [0.2, 0.25) is 0 Å². The standard InChI is InChI=1S/C21H20N2O4S/c1-14(15-6-4-3-5-7-15)22-19(24)12-27-21(25)18-13-28-20(23-18)16-8-10-17(26-2)11-9-16/h3-11,13-14H,12H2,1-2H3,(H,22,24)/t14-/m0/s1. The van der Waals surface area contributed by atoms with Crippen LogP contribution in [0, 0.1) is 0 Å². The SMILES string of the molecule is COc1ccc(-c2nc(C(=O)OCC(=O)N[C@@H](C)c3ccccc3)cs2)cc1. The Balaban J connectivity index is 1.53. The molecule has 0 saturated heterocycles. The van der Waals surface area contributed by atoms with Crippen LogP contribution in [0.25, 0.3) is 10.6 Å². The van der Waals surface area contributed by atoms with Gasteiger partial charge < -0.3 is 14.8 Å². The van der Waals surface area contributed by atoms with Crippen molar-refractivity contribution in [2.75, 3.05) is 13.7 Å². The van der Waals surface area contributed by atoms with Crippen molar-refractivity contribution in [2.24, 2.45) is 0 Å². The van der Waals surface area contributed by atoms with Gasteiger partial charge in [0.25, 0.3) is 5.91 Å². The molecule has 1 atom stereocenters. The van der Waals surface area contributed by atoms with Crippen molar-refractivity contribution in [3.05, 3.63) is 71.2 Å². The van der Waals surface area contributed by atoms with Gasteiger partial charge in [0.15, 0.2) is 12.3 Å². The lowest BCUT2D eigenvalue weighted by atomic mass is 10.1. The van der Waals surface area contributed by atoms with Crippen LogP contribution in [-0.4, -0.2) is 30.6 Å². The molecule has 1 N–H and O–H groups in total. The minimum Gasteiger partial charge on any atom is -0.497 e. The van der Waals surface area contributed by atoms with Crippen LogP contribution in [0.3, 0.4) is 0 Å². The van der Waals surface area contributed by atoms with Crippen LogP contribution in [0.5, 0.6) is 5.75 Å². The topological polar surface area (TPSA) is 77.5 Å². The van der Waals surface area contributed by atoms with Gasteiger partial charge in [0.1, 0.15) is 10.8 Å². The zero-order valence-electron chi connectivity index (χ0n) is 15.5. The molecule has 3 rings (SSSR count). The number of ether oxygens (including phenoxy) is 2. The van der Waals surface area contributed by atoms with Gasteiger partial charge in [-0.05, 0) is 36.8 Å². The third-order valence-electron chi connectivity index (χ3n) is 4.06. The third kappa shape index (κ3) is 4.95. The molecule has 2 aromatic carbocycles. The van der Waals surface area contributed by atoms with Crippen molar-refractivity contribution in [1.82, 2.24) is 10.3 Å². The Morgan fingerprint density at radius 1 is 1.11 bits per heavy atom. The largest absolute Gasteiger partial charge is 0.497 e. The minimum absolute atomic E-state index is 0.173. The number of amides is 1. The number of thiazole rings is 1. The summed E-state index contributed by atoms with van der Waals surface area (Å²) >= 11 is 1.33. The molecule has 0 aliphatic rings. The second-order valence-electron chi connectivity index (χ2n) is 6.04. The first kappa shape index (κ1) is 19.6. The van der Waals surface area contributed by atoms with Gasteiger partial charge in [-0.15, -0.1) is 11.3 Å². The van der Waals surface area contributed by atoms with E-state index in [1.54, 1.807) is 12.5 Å². The van der Waals surface area contributed by atoms with Gasteiger partial charge in [-0.3, -0.25) is 4.79 Å². The quantitative estimate of drug-likeness (QED) is 0.614. The molecule has 28 heavy (non-hydrogen) atoms. The van der Waals surface area contributed by atoms with Gasteiger partial charge in [-0.1, -0.05) is 30.3 Å². The molecule has 0 aliphatic heterocycles. The summed E-state index contributed by atoms with van der Waals surface area (Å²) in [6, 6.07) is 16.8. The smallest absolute Gasteiger partial charge is 0.358 e. The maximum absolute atomic E-state index is 12.2. The highest BCUT2D eigenvalue weighted by Gasteiger charge is 2.16. The first-order valence-corrected chi connectivity index (χ1v) is 9.56. The number of benzene rings is 2. The second kappa shape index (κ2) is 9.14. The zero-order valence-corrected chi connectivity index (χ0v) is 16.4. The molecule has 0 spiro atoms. The molecule has 1 aromatic heterocycles. The van der Waals surface area contributed by atoms with Crippen molar-refractivity contribution >= 4 is 23.2 Å². The van der Waals surface area contributed by atoms with Crippen LogP contribution in [0.2, 0.25) is 0 Å². The van der Waals surface area contributed by atoms with E-state index in [0.29, 0.717) is 5.01 Å². The van der Waals surface area contributed by atoms with E-state index in [-0.39, 0.29) is 24.2 Å². The van der Waals surface area contributed by atoms with E-state index in [1.165, 1.54) is 11.3 Å². The van der Waals surface area contributed by atoms with Crippen molar-refractivity contribution in [1.29, 1.82) is 0 Å². The van der Waals surface area contributed by atoms with Gasteiger partial charge in [0.05, 0.1) is 13.2 Å². The summed E-state index contributed by atoms with van der Waals surface area (Å²) in [4.78, 5) is 28.5. The van der Waals surface area contributed by atoms with E-state index in [2.05, 4.69) is 10.3 Å². The average Bonchev–Trinajstić information content (AvgIpc) is 3.23.